The summed E-state index contributed by atoms with van der Waals surface area (Å²) in [6, 6.07) is 60.6. The third-order valence-electron chi connectivity index (χ3n) is 10.1. The first kappa shape index (κ1) is 28.3. The van der Waals surface area contributed by atoms with Crippen LogP contribution in [0.3, 0.4) is 0 Å². The summed E-state index contributed by atoms with van der Waals surface area (Å²) in [4.78, 5) is 10.6. The van der Waals surface area contributed by atoms with Crippen molar-refractivity contribution in [2.45, 2.75) is 0 Å². The summed E-state index contributed by atoms with van der Waals surface area (Å²) in [5, 5.41) is 7.41. The second-order valence-electron chi connectivity index (χ2n) is 13.0. The molecule has 11 rings (SSSR count). The van der Waals surface area contributed by atoms with Crippen LogP contribution in [-0.4, -0.2) is 19.1 Å². The van der Waals surface area contributed by atoms with Crippen LogP contribution in [0.15, 0.2) is 170 Å². The summed E-state index contributed by atoms with van der Waals surface area (Å²) < 4.78 is 7.28. The standard InChI is InChI=1S/C46H28N4S/c1-2-12-29(13-3-1)38-28-45(50-40-19-9-5-14-32(40)33-15-6-10-20-41(33)50)48-46(47-38)30-22-24-35-34-16-4-8-18-39(34)49(42(35)26-30)31-23-25-44-37(27-31)36-17-7-11-21-43(36)51-44/h1-28H. The average molecular weight is 669 g/mol. The van der Waals surface area contributed by atoms with Crippen LogP contribution in [0.4, 0.5) is 0 Å². The number of para-hydroxylation sites is 3. The van der Waals surface area contributed by atoms with E-state index in [-0.39, 0.29) is 0 Å². The minimum Gasteiger partial charge on any atom is -0.309 e. The first-order valence-corrected chi connectivity index (χ1v) is 18.0. The topological polar surface area (TPSA) is 35.6 Å². The molecule has 11 aromatic rings. The van der Waals surface area contributed by atoms with E-state index in [2.05, 4.69) is 173 Å². The molecule has 0 aliphatic rings. The van der Waals surface area contributed by atoms with Crippen LogP contribution in [0.1, 0.15) is 0 Å². The molecule has 0 spiro atoms. The highest BCUT2D eigenvalue weighted by Gasteiger charge is 2.19. The van der Waals surface area contributed by atoms with Crippen molar-refractivity contribution < 1.29 is 0 Å². The van der Waals surface area contributed by atoms with E-state index in [1.54, 1.807) is 0 Å². The molecule has 4 nitrogen and oxygen atoms in total. The molecule has 0 fully saturated rings. The maximum atomic E-state index is 5.35. The molecular weight excluding hydrogens is 641 g/mol. The van der Waals surface area contributed by atoms with Crippen LogP contribution in [0.5, 0.6) is 0 Å². The molecule has 7 aromatic carbocycles. The van der Waals surface area contributed by atoms with Crippen LogP contribution < -0.4 is 0 Å². The second kappa shape index (κ2) is 11.0. The van der Waals surface area contributed by atoms with E-state index in [0.717, 1.165) is 44.9 Å². The molecule has 4 heterocycles. The summed E-state index contributed by atoms with van der Waals surface area (Å²) in [5.41, 5.74) is 8.58. The lowest BCUT2D eigenvalue weighted by molar-refractivity contribution is 1.05. The Bertz CT molecular complexity index is 3090. The van der Waals surface area contributed by atoms with Gasteiger partial charge in [-0.15, -0.1) is 11.3 Å². The Balaban J connectivity index is 1.17. The molecular formula is C46H28N4S. The Morgan fingerprint density at radius 3 is 1.69 bits per heavy atom. The van der Waals surface area contributed by atoms with E-state index >= 15 is 0 Å². The van der Waals surface area contributed by atoms with Gasteiger partial charge in [0.2, 0.25) is 0 Å². The monoisotopic (exact) mass is 668 g/mol. The normalized spacial score (nSPS) is 11.9. The number of hydrogen-bond donors (Lipinski definition) is 0. The fraction of sp³-hybridized carbons (Fsp3) is 0. The Hall–Kier alpha value is -6.56. The minimum absolute atomic E-state index is 0.686. The lowest BCUT2D eigenvalue weighted by Gasteiger charge is -2.13. The summed E-state index contributed by atoms with van der Waals surface area (Å²) >= 11 is 1.85. The molecule has 0 N–H and O–H groups in total. The summed E-state index contributed by atoms with van der Waals surface area (Å²) in [7, 11) is 0. The molecule has 0 atom stereocenters. The quantitative estimate of drug-likeness (QED) is 0.187. The lowest BCUT2D eigenvalue weighted by Crippen LogP contribution is -2.02. The van der Waals surface area contributed by atoms with Crippen molar-refractivity contribution in [3.63, 3.8) is 0 Å². The number of benzene rings is 7. The van der Waals surface area contributed by atoms with Gasteiger partial charge in [0.1, 0.15) is 5.82 Å². The van der Waals surface area contributed by atoms with Crippen molar-refractivity contribution in [1.82, 2.24) is 19.1 Å². The van der Waals surface area contributed by atoms with Gasteiger partial charge in [0, 0.05) is 64.6 Å². The van der Waals surface area contributed by atoms with E-state index in [9.17, 15) is 0 Å². The number of rotatable bonds is 4. The zero-order valence-corrected chi connectivity index (χ0v) is 28.2. The van der Waals surface area contributed by atoms with E-state index < -0.39 is 0 Å². The van der Waals surface area contributed by atoms with Gasteiger partial charge in [-0.3, -0.25) is 4.57 Å². The minimum atomic E-state index is 0.686. The highest BCUT2D eigenvalue weighted by atomic mass is 32.1. The zero-order chi connectivity index (χ0) is 33.5. The van der Waals surface area contributed by atoms with Gasteiger partial charge >= 0.3 is 0 Å². The predicted octanol–water partition coefficient (Wildman–Crippen LogP) is 12.4. The van der Waals surface area contributed by atoms with E-state index in [1.807, 2.05) is 17.4 Å². The number of fused-ring (bicyclic) bond motifs is 9. The van der Waals surface area contributed by atoms with Crippen LogP contribution in [0.25, 0.3) is 97.9 Å². The molecule has 0 amide bonds. The first-order valence-electron chi connectivity index (χ1n) is 17.2. The smallest absolute Gasteiger partial charge is 0.162 e. The molecule has 0 aliphatic heterocycles. The molecule has 4 aromatic heterocycles. The third-order valence-corrected chi connectivity index (χ3v) is 11.3. The fourth-order valence-corrected chi connectivity index (χ4v) is 8.93. The molecule has 0 radical (unpaired) electrons. The van der Waals surface area contributed by atoms with Gasteiger partial charge < -0.3 is 4.57 Å². The SMILES string of the molecule is c1ccc(-c2cc(-n3c4ccccc4c4ccccc43)nc(-c3ccc4c5ccccc5n(-c5ccc6sc7ccccc7c6c5)c4c3)n2)cc1. The van der Waals surface area contributed by atoms with Crippen LogP contribution in [0, 0.1) is 0 Å². The van der Waals surface area contributed by atoms with Crippen molar-refractivity contribution in [2.24, 2.45) is 0 Å². The maximum Gasteiger partial charge on any atom is 0.162 e. The van der Waals surface area contributed by atoms with Gasteiger partial charge in [0.25, 0.3) is 0 Å². The van der Waals surface area contributed by atoms with E-state index in [1.165, 1.54) is 47.2 Å². The van der Waals surface area contributed by atoms with Gasteiger partial charge in [-0.25, -0.2) is 9.97 Å². The number of thiophene rings is 1. The highest BCUT2D eigenvalue weighted by Crippen LogP contribution is 2.39. The van der Waals surface area contributed by atoms with Crippen molar-refractivity contribution in [3.8, 4) is 34.2 Å². The van der Waals surface area contributed by atoms with Gasteiger partial charge in [-0.05, 0) is 48.5 Å². The fourth-order valence-electron chi connectivity index (χ4n) is 7.85. The van der Waals surface area contributed by atoms with Crippen molar-refractivity contribution in [3.05, 3.63) is 170 Å². The summed E-state index contributed by atoms with van der Waals surface area (Å²) in [6.45, 7) is 0. The molecule has 5 heteroatoms. The molecule has 0 saturated carbocycles. The maximum absolute atomic E-state index is 5.35. The first-order chi connectivity index (χ1) is 25.3. The van der Waals surface area contributed by atoms with E-state index in [0.29, 0.717) is 5.82 Å². The number of nitrogens with zero attached hydrogens (tertiary/aromatic N) is 4. The third kappa shape index (κ3) is 4.32. The van der Waals surface area contributed by atoms with E-state index in [4.69, 9.17) is 9.97 Å². The molecule has 0 saturated heterocycles. The van der Waals surface area contributed by atoms with Crippen LogP contribution in [-0.2, 0) is 0 Å². The van der Waals surface area contributed by atoms with Gasteiger partial charge in [0.15, 0.2) is 5.82 Å². The molecule has 51 heavy (non-hydrogen) atoms. The predicted molar refractivity (Wildman–Crippen MR) is 214 cm³/mol. The van der Waals surface area contributed by atoms with Gasteiger partial charge in [0.05, 0.1) is 27.8 Å². The Kier molecular flexibility index (Phi) is 6.09. The van der Waals surface area contributed by atoms with Crippen LogP contribution >= 0.6 is 11.3 Å². The Morgan fingerprint density at radius 2 is 0.961 bits per heavy atom. The molecule has 238 valence electrons. The average Bonchev–Trinajstić information content (AvgIpc) is 3.85. The van der Waals surface area contributed by atoms with Crippen molar-refractivity contribution in [1.29, 1.82) is 0 Å². The summed E-state index contributed by atoms with van der Waals surface area (Å²) in [6.07, 6.45) is 0. The largest absolute Gasteiger partial charge is 0.309 e. The summed E-state index contributed by atoms with van der Waals surface area (Å²) in [5.74, 6) is 1.53. The van der Waals surface area contributed by atoms with Gasteiger partial charge in [-0.2, -0.15) is 0 Å². The lowest BCUT2D eigenvalue weighted by atomic mass is 10.1. The Labute approximate surface area is 297 Å². The molecule has 0 bridgehead atoms. The Morgan fingerprint density at radius 1 is 0.373 bits per heavy atom. The van der Waals surface area contributed by atoms with Crippen LogP contribution in [0.2, 0.25) is 0 Å². The van der Waals surface area contributed by atoms with Gasteiger partial charge in [-0.1, -0.05) is 115 Å². The molecule has 0 aliphatic carbocycles. The second-order valence-corrected chi connectivity index (χ2v) is 14.1. The number of aromatic nitrogens is 4. The van der Waals surface area contributed by atoms with Crippen molar-refractivity contribution in [2.75, 3.05) is 0 Å². The van der Waals surface area contributed by atoms with Crippen molar-refractivity contribution >= 4 is 75.1 Å². The highest BCUT2D eigenvalue weighted by molar-refractivity contribution is 7.25. The number of hydrogen-bond acceptors (Lipinski definition) is 3. The molecule has 0 unspecified atom stereocenters. The zero-order valence-electron chi connectivity index (χ0n) is 27.4.